The van der Waals surface area contributed by atoms with E-state index in [1.54, 1.807) is 0 Å². The Kier molecular flexibility index (Phi) is 33.5. The highest BCUT2D eigenvalue weighted by Gasteiger charge is 2.36. The number of aliphatic carboxylic acids is 1. The highest BCUT2D eigenvalue weighted by atomic mass is 31.2. The third kappa shape index (κ3) is 34.3. The Morgan fingerprint density at radius 1 is 0.627 bits per heavy atom. The van der Waals surface area contributed by atoms with Gasteiger partial charge in [0.15, 0.2) is 6.10 Å². The van der Waals surface area contributed by atoms with Gasteiger partial charge >= 0.3 is 25.7 Å². The minimum Gasteiger partial charge on any atom is -0.480 e. The molecule has 1 saturated heterocycles. The van der Waals surface area contributed by atoms with Crippen LogP contribution in [0.3, 0.4) is 0 Å². The topological polar surface area (TPSA) is 184 Å². The molecule has 1 fully saturated rings. The number of hydrogen-bond acceptors (Lipinski definition) is 10. The van der Waals surface area contributed by atoms with Crippen LogP contribution < -0.4 is 5.73 Å². The maximum absolute atomic E-state index is 12.6. The average molecular weight is 850 g/mol. The molecule has 3 unspecified atom stereocenters. The maximum Gasteiger partial charge on any atom is 0.472 e. The molecule has 336 valence electrons. The Labute approximate surface area is 355 Å². The van der Waals surface area contributed by atoms with Crippen LogP contribution in [0.25, 0.3) is 0 Å². The van der Waals surface area contributed by atoms with Crippen LogP contribution in [0.4, 0.5) is 0 Å². The van der Waals surface area contributed by atoms with Crippen LogP contribution in [-0.2, 0) is 42.2 Å². The van der Waals surface area contributed by atoms with Gasteiger partial charge in [0, 0.05) is 12.8 Å². The van der Waals surface area contributed by atoms with Crippen LogP contribution in [-0.4, -0.2) is 72.1 Å². The Morgan fingerprint density at radius 2 is 1.14 bits per heavy atom. The van der Waals surface area contributed by atoms with Gasteiger partial charge in [0.25, 0.3) is 0 Å². The van der Waals surface area contributed by atoms with Crippen molar-refractivity contribution in [2.75, 3.05) is 19.8 Å². The van der Waals surface area contributed by atoms with E-state index in [1.165, 1.54) is 38.5 Å². The summed E-state index contributed by atoms with van der Waals surface area (Å²) in [6.45, 7) is 2.58. The summed E-state index contributed by atoms with van der Waals surface area (Å²) in [7, 11) is -4.75. The van der Waals surface area contributed by atoms with Gasteiger partial charge < -0.3 is 29.9 Å². The number of carboxylic acid groups (broad SMARTS) is 1. The molecule has 1 aliphatic rings. The van der Waals surface area contributed by atoms with E-state index >= 15 is 0 Å². The smallest absolute Gasteiger partial charge is 0.472 e. The van der Waals surface area contributed by atoms with Crippen molar-refractivity contribution < 1.29 is 52.2 Å². The summed E-state index contributed by atoms with van der Waals surface area (Å²) in [4.78, 5) is 45.9. The molecular weight excluding hydrogens is 773 g/mol. The van der Waals surface area contributed by atoms with Gasteiger partial charge in [-0.1, -0.05) is 138 Å². The summed E-state index contributed by atoms with van der Waals surface area (Å²) < 4.78 is 38.3. The van der Waals surface area contributed by atoms with E-state index in [9.17, 15) is 23.8 Å². The van der Waals surface area contributed by atoms with Gasteiger partial charge in [-0.2, -0.15) is 0 Å². The van der Waals surface area contributed by atoms with Crippen LogP contribution in [0.15, 0.2) is 72.9 Å². The molecule has 0 spiro atoms. The first-order chi connectivity index (χ1) is 28.6. The zero-order valence-corrected chi connectivity index (χ0v) is 36.9. The highest BCUT2D eigenvalue weighted by Crippen LogP contribution is 2.43. The second-order valence-electron chi connectivity index (χ2n) is 14.8. The second kappa shape index (κ2) is 36.7. The molecule has 1 heterocycles. The van der Waals surface area contributed by atoms with Crippen molar-refractivity contribution in [3.8, 4) is 0 Å². The van der Waals surface area contributed by atoms with Crippen molar-refractivity contribution in [1.82, 2.24) is 0 Å². The van der Waals surface area contributed by atoms with Crippen molar-refractivity contribution >= 4 is 25.7 Å². The first-order valence-electron chi connectivity index (χ1n) is 22.1. The van der Waals surface area contributed by atoms with E-state index in [1.807, 2.05) is 18.2 Å². The van der Waals surface area contributed by atoms with Gasteiger partial charge in [0.2, 0.25) is 0 Å². The minimum atomic E-state index is -4.75. The lowest BCUT2D eigenvalue weighted by atomic mass is 10.1. The summed E-state index contributed by atoms with van der Waals surface area (Å²) in [6.07, 6.45) is 45.9. The van der Waals surface area contributed by atoms with Crippen LogP contribution in [0.2, 0.25) is 0 Å². The Morgan fingerprint density at radius 3 is 1.73 bits per heavy atom. The number of phosphoric ester groups is 1. The molecule has 0 aromatic carbocycles. The fourth-order valence-corrected chi connectivity index (χ4v) is 6.55. The standard InChI is InChI=1S/C46H76NO11P/c1-3-5-7-8-9-10-11-12-13-14-18-21-24-27-31-35-44(48)54-37-40(38-55-59(52,53)56-39-41(47)46(50)51)57-45(49)36-32-28-25-22-19-16-15-17-20-23-26-30-34-43-42(58-43)33-29-6-4-2/h6,12-13,16-17,19-20,25-26,28-30,40-43H,3-5,7-11,14-15,18,21-24,27,31-39,47H2,1-2H3,(H,50,51)(H,52,53)/b13-12-,19-16-,20-17-,28-25-,29-6-,30-26-/t40-,41+,42?,43?/m1/s1. The number of nitrogens with two attached hydrogens (primary N) is 1. The lowest BCUT2D eigenvalue weighted by Gasteiger charge is -2.20. The quantitative estimate of drug-likeness (QED) is 0.0175. The number of carboxylic acids is 1. The Bertz CT molecular complexity index is 1340. The number of phosphoric acid groups is 1. The number of ether oxygens (including phenoxy) is 3. The predicted octanol–water partition coefficient (Wildman–Crippen LogP) is 10.7. The number of allylic oxidation sites excluding steroid dienone is 10. The van der Waals surface area contributed by atoms with Crippen molar-refractivity contribution in [2.24, 2.45) is 5.73 Å². The number of esters is 2. The van der Waals surface area contributed by atoms with E-state index in [2.05, 4.69) is 73.1 Å². The van der Waals surface area contributed by atoms with E-state index in [0.717, 1.165) is 70.6 Å². The molecule has 0 bridgehead atoms. The fourth-order valence-electron chi connectivity index (χ4n) is 5.77. The van der Waals surface area contributed by atoms with Crippen LogP contribution in [0.5, 0.6) is 0 Å². The molecule has 4 N–H and O–H groups in total. The third-order valence-electron chi connectivity index (χ3n) is 9.35. The van der Waals surface area contributed by atoms with E-state index < -0.39 is 51.1 Å². The van der Waals surface area contributed by atoms with Crippen molar-refractivity contribution in [3.05, 3.63) is 72.9 Å². The van der Waals surface area contributed by atoms with Gasteiger partial charge in [0.05, 0.1) is 25.4 Å². The highest BCUT2D eigenvalue weighted by molar-refractivity contribution is 7.47. The van der Waals surface area contributed by atoms with Crippen molar-refractivity contribution in [3.63, 3.8) is 0 Å². The van der Waals surface area contributed by atoms with Gasteiger partial charge in [-0.15, -0.1) is 0 Å². The second-order valence-corrected chi connectivity index (χ2v) is 16.3. The van der Waals surface area contributed by atoms with Crippen LogP contribution in [0, 0.1) is 0 Å². The molecule has 59 heavy (non-hydrogen) atoms. The monoisotopic (exact) mass is 850 g/mol. The lowest BCUT2D eigenvalue weighted by molar-refractivity contribution is -0.161. The van der Waals surface area contributed by atoms with Crippen LogP contribution in [0.1, 0.15) is 155 Å². The number of carbonyl (C=O) groups is 3. The van der Waals surface area contributed by atoms with Gasteiger partial charge in [-0.05, 0) is 77.0 Å². The van der Waals surface area contributed by atoms with Gasteiger partial charge in [0.1, 0.15) is 12.6 Å². The summed E-state index contributed by atoms with van der Waals surface area (Å²) in [5, 5.41) is 8.89. The normalized spacial score (nSPS) is 17.8. The maximum atomic E-state index is 12.6. The largest absolute Gasteiger partial charge is 0.480 e. The minimum absolute atomic E-state index is 0.0278. The van der Waals surface area contributed by atoms with Crippen molar-refractivity contribution in [2.45, 2.75) is 179 Å². The van der Waals surface area contributed by atoms with Gasteiger partial charge in [-0.25, -0.2) is 4.57 Å². The zero-order chi connectivity index (χ0) is 43.2. The molecule has 1 rings (SSSR count). The first kappa shape index (κ1) is 53.9. The van der Waals surface area contributed by atoms with Crippen molar-refractivity contribution in [1.29, 1.82) is 0 Å². The molecule has 12 nitrogen and oxygen atoms in total. The number of hydrogen-bond donors (Lipinski definition) is 3. The fraction of sp³-hybridized carbons (Fsp3) is 0.674. The van der Waals surface area contributed by atoms with E-state index in [-0.39, 0.29) is 19.4 Å². The summed E-state index contributed by atoms with van der Waals surface area (Å²) >= 11 is 0. The number of unbranched alkanes of at least 4 members (excludes halogenated alkanes) is 11. The molecular formula is C46H76NO11P. The molecule has 5 atom stereocenters. The SMILES string of the molecule is CC/C=C\CC1OC1C/C=C\C/C=C\C/C=C\C/C=C\CCC(=O)O[C@H](COC(=O)CCCCCCC/C=C\CCCCCCCC)COP(=O)(O)OC[C@H](N)C(=O)O. The summed E-state index contributed by atoms with van der Waals surface area (Å²) in [6, 6.07) is -1.54. The van der Waals surface area contributed by atoms with Crippen LogP contribution >= 0.6 is 7.82 Å². The molecule has 0 saturated carbocycles. The Hall–Kier alpha value is -3.12. The molecule has 0 aromatic rings. The molecule has 0 amide bonds. The number of rotatable bonds is 39. The average Bonchev–Trinajstić information content (AvgIpc) is 3.97. The third-order valence-corrected chi connectivity index (χ3v) is 10.3. The predicted molar refractivity (Wildman–Crippen MR) is 235 cm³/mol. The van der Waals surface area contributed by atoms with E-state index in [0.29, 0.717) is 31.5 Å². The molecule has 0 aromatic heterocycles. The lowest BCUT2D eigenvalue weighted by Crippen LogP contribution is -2.34. The summed E-state index contributed by atoms with van der Waals surface area (Å²) in [5.74, 6) is -2.51. The van der Waals surface area contributed by atoms with E-state index in [4.69, 9.17) is 29.6 Å². The molecule has 1 aliphatic heterocycles. The molecule has 13 heteroatoms. The van der Waals surface area contributed by atoms with Gasteiger partial charge in [-0.3, -0.25) is 23.4 Å². The Balaban J connectivity index is 2.34. The molecule has 0 aliphatic carbocycles. The number of carbonyl (C=O) groups excluding carboxylic acids is 2. The first-order valence-corrected chi connectivity index (χ1v) is 23.6. The molecule has 0 radical (unpaired) electrons. The summed E-state index contributed by atoms with van der Waals surface area (Å²) in [5.41, 5.74) is 5.33. The zero-order valence-electron chi connectivity index (χ0n) is 36.0. The number of epoxide rings is 1.